The standard InChI is InChI=1S/C16H30N2O/c1-18-10-5-14(6-11-18)17-15-7-12-19-16(13-15)8-3-2-4-9-16/h14-15,17H,2-13H2,1H3. The summed E-state index contributed by atoms with van der Waals surface area (Å²) in [5, 5.41) is 3.94. The summed E-state index contributed by atoms with van der Waals surface area (Å²) >= 11 is 0. The zero-order valence-corrected chi connectivity index (χ0v) is 12.5. The van der Waals surface area contributed by atoms with Crippen molar-refractivity contribution in [2.24, 2.45) is 0 Å². The molecule has 2 aliphatic heterocycles. The number of hydrogen-bond acceptors (Lipinski definition) is 3. The van der Waals surface area contributed by atoms with Crippen LogP contribution in [0.15, 0.2) is 0 Å². The van der Waals surface area contributed by atoms with Gasteiger partial charge in [0.25, 0.3) is 0 Å². The van der Waals surface area contributed by atoms with Crippen LogP contribution in [0.4, 0.5) is 0 Å². The largest absolute Gasteiger partial charge is 0.375 e. The van der Waals surface area contributed by atoms with Crippen LogP contribution in [-0.2, 0) is 4.74 Å². The molecule has 3 fully saturated rings. The molecular weight excluding hydrogens is 236 g/mol. The number of nitrogens with zero attached hydrogens (tertiary/aromatic N) is 1. The van der Waals surface area contributed by atoms with Crippen LogP contribution in [0.1, 0.15) is 57.8 Å². The van der Waals surface area contributed by atoms with E-state index in [0.717, 1.165) is 12.6 Å². The summed E-state index contributed by atoms with van der Waals surface area (Å²) < 4.78 is 6.19. The Kier molecular flexibility index (Phi) is 4.45. The van der Waals surface area contributed by atoms with Crippen molar-refractivity contribution in [3.05, 3.63) is 0 Å². The molecule has 0 amide bonds. The minimum absolute atomic E-state index is 0.250. The van der Waals surface area contributed by atoms with Crippen molar-refractivity contribution in [1.29, 1.82) is 0 Å². The molecule has 3 aliphatic rings. The summed E-state index contributed by atoms with van der Waals surface area (Å²) in [5.74, 6) is 0. The van der Waals surface area contributed by atoms with Gasteiger partial charge in [-0.05, 0) is 58.7 Å². The molecule has 1 atom stereocenters. The topological polar surface area (TPSA) is 24.5 Å². The first kappa shape index (κ1) is 13.8. The van der Waals surface area contributed by atoms with E-state index in [4.69, 9.17) is 4.74 Å². The number of likely N-dealkylation sites (tertiary alicyclic amines) is 1. The third kappa shape index (κ3) is 3.50. The van der Waals surface area contributed by atoms with Gasteiger partial charge in [0, 0.05) is 18.7 Å². The van der Waals surface area contributed by atoms with Gasteiger partial charge in [0.15, 0.2) is 0 Å². The van der Waals surface area contributed by atoms with Gasteiger partial charge in [0.05, 0.1) is 5.60 Å². The molecule has 0 bridgehead atoms. The lowest BCUT2D eigenvalue weighted by molar-refractivity contribution is -0.110. The van der Waals surface area contributed by atoms with E-state index in [1.165, 1.54) is 70.9 Å². The molecule has 1 saturated carbocycles. The monoisotopic (exact) mass is 266 g/mol. The van der Waals surface area contributed by atoms with Crippen LogP contribution < -0.4 is 5.32 Å². The lowest BCUT2D eigenvalue weighted by atomic mass is 9.78. The van der Waals surface area contributed by atoms with E-state index in [1.807, 2.05) is 0 Å². The van der Waals surface area contributed by atoms with Crippen molar-refractivity contribution in [2.75, 3.05) is 26.7 Å². The van der Waals surface area contributed by atoms with Crippen LogP contribution >= 0.6 is 0 Å². The highest BCUT2D eigenvalue weighted by molar-refractivity contribution is 4.93. The second-order valence-corrected chi connectivity index (χ2v) is 7.03. The average molecular weight is 266 g/mol. The Bertz CT molecular complexity index is 275. The summed E-state index contributed by atoms with van der Waals surface area (Å²) in [7, 11) is 2.24. The lowest BCUT2D eigenvalue weighted by Crippen LogP contribution is -2.52. The Morgan fingerprint density at radius 2 is 1.74 bits per heavy atom. The van der Waals surface area contributed by atoms with Crippen molar-refractivity contribution < 1.29 is 4.74 Å². The maximum Gasteiger partial charge on any atom is 0.0697 e. The highest BCUT2D eigenvalue weighted by atomic mass is 16.5. The number of nitrogens with one attached hydrogen (secondary N) is 1. The Hall–Kier alpha value is -0.120. The fourth-order valence-corrected chi connectivity index (χ4v) is 4.22. The van der Waals surface area contributed by atoms with Crippen molar-refractivity contribution in [3.63, 3.8) is 0 Å². The number of ether oxygens (including phenoxy) is 1. The Morgan fingerprint density at radius 1 is 1.00 bits per heavy atom. The molecule has 1 aliphatic carbocycles. The first-order valence-electron chi connectivity index (χ1n) is 8.34. The minimum Gasteiger partial charge on any atom is -0.375 e. The van der Waals surface area contributed by atoms with Gasteiger partial charge in [0.1, 0.15) is 0 Å². The van der Waals surface area contributed by atoms with E-state index in [1.54, 1.807) is 0 Å². The summed E-state index contributed by atoms with van der Waals surface area (Å²) in [6.45, 7) is 3.49. The van der Waals surface area contributed by atoms with Crippen LogP contribution in [0.3, 0.4) is 0 Å². The van der Waals surface area contributed by atoms with E-state index >= 15 is 0 Å². The lowest BCUT2D eigenvalue weighted by Gasteiger charge is -2.45. The van der Waals surface area contributed by atoms with Gasteiger partial charge < -0.3 is 15.0 Å². The SMILES string of the molecule is CN1CCC(NC2CCOC3(CCCCC3)C2)CC1. The molecule has 0 radical (unpaired) electrons. The van der Waals surface area contributed by atoms with Gasteiger partial charge in [-0.25, -0.2) is 0 Å². The van der Waals surface area contributed by atoms with Gasteiger partial charge in [0.2, 0.25) is 0 Å². The van der Waals surface area contributed by atoms with E-state index < -0.39 is 0 Å². The molecule has 3 rings (SSSR count). The first-order chi connectivity index (χ1) is 9.26. The van der Waals surface area contributed by atoms with E-state index in [9.17, 15) is 0 Å². The third-order valence-corrected chi connectivity index (χ3v) is 5.45. The van der Waals surface area contributed by atoms with Crippen LogP contribution in [0, 0.1) is 0 Å². The predicted octanol–water partition coefficient (Wildman–Crippen LogP) is 2.55. The quantitative estimate of drug-likeness (QED) is 0.831. The molecule has 110 valence electrons. The predicted molar refractivity (Wildman–Crippen MR) is 78.4 cm³/mol. The van der Waals surface area contributed by atoms with Gasteiger partial charge in [-0.1, -0.05) is 19.3 Å². The molecule has 1 N–H and O–H groups in total. The summed E-state index contributed by atoms with van der Waals surface area (Å²) in [6, 6.07) is 1.46. The summed E-state index contributed by atoms with van der Waals surface area (Å²) in [5.41, 5.74) is 0.250. The molecule has 3 nitrogen and oxygen atoms in total. The number of rotatable bonds is 2. The van der Waals surface area contributed by atoms with Gasteiger partial charge >= 0.3 is 0 Å². The molecule has 3 heteroatoms. The van der Waals surface area contributed by atoms with Crippen molar-refractivity contribution >= 4 is 0 Å². The zero-order valence-electron chi connectivity index (χ0n) is 12.5. The molecule has 1 spiro atoms. The first-order valence-corrected chi connectivity index (χ1v) is 8.34. The van der Waals surface area contributed by atoms with Gasteiger partial charge in [-0.2, -0.15) is 0 Å². The van der Waals surface area contributed by atoms with E-state index in [-0.39, 0.29) is 5.60 Å². The Balaban J connectivity index is 1.50. The fourth-order valence-electron chi connectivity index (χ4n) is 4.22. The second kappa shape index (κ2) is 6.11. The molecule has 1 unspecified atom stereocenters. The molecule has 2 saturated heterocycles. The van der Waals surface area contributed by atoms with Crippen molar-refractivity contribution in [2.45, 2.75) is 75.5 Å². The molecule has 0 aromatic heterocycles. The number of hydrogen-bond donors (Lipinski definition) is 1. The molecule has 2 heterocycles. The number of piperidine rings is 1. The Morgan fingerprint density at radius 3 is 2.47 bits per heavy atom. The van der Waals surface area contributed by atoms with E-state index in [2.05, 4.69) is 17.3 Å². The van der Waals surface area contributed by atoms with Crippen LogP contribution in [0.2, 0.25) is 0 Å². The zero-order chi connectivity index (χ0) is 13.1. The van der Waals surface area contributed by atoms with Crippen molar-refractivity contribution in [3.8, 4) is 0 Å². The van der Waals surface area contributed by atoms with Crippen molar-refractivity contribution in [1.82, 2.24) is 10.2 Å². The van der Waals surface area contributed by atoms with Crippen LogP contribution in [-0.4, -0.2) is 49.3 Å². The van der Waals surface area contributed by atoms with Crippen LogP contribution in [0.25, 0.3) is 0 Å². The second-order valence-electron chi connectivity index (χ2n) is 7.03. The van der Waals surface area contributed by atoms with Crippen LogP contribution in [0.5, 0.6) is 0 Å². The smallest absolute Gasteiger partial charge is 0.0697 e. The average Bonchev–Trinajstić information content (AvgIpc) is 2.42. The highest BCUT2D eigenvalue weighted by Crippen LogP contribution is 2.38. The minimum atomic E-state index is 0.250. The Labute approximate surface area is 118 Å². The summed E-state index contributed by atoms with van der Waals surface area (Å²) in [6.07, 6.45) is 11.9. The normalized spacial score (nSPS) is 33.6. The van der Waals surface area contributed by atoms with E-state index in [0.29, 0.717) is 6.04 Å². The molecule has 0 aromatic carbocycles. The molecule has 19 heavy (non-hydrogen) atoms. The van der Waals surface area contributed by atoms with Gasteiger partial charge in [-0.15, -0.1) is 0 Å². The fraction of sp³-hybridized carbons (Fsp3) is 1.00. The molecule has 0 aromatic rings. The summed E-state index contributed by atoms with van der Waals surface area (Å²) in [4.78, 5) is 2.45. The third-order valence-electron chi connectivity index (χ3n) is 5.45. The van der Waals surface area contributed by atoms with Gasteiger partial charge in [-0.3, -0.25) is 0 Å². The molecular formula is C16H30N2O. The highest BCUT2D eigenvalue weighted by Gasteiger charge is 2.38. The maximum absolute atomic E-state index is 6.19. The maximum atomic E-state index is 6.19.